The quantitative estimate of drug-likeness (QED) is 0.565. The molecule has 0 fully saturated rings. The van der Waals surface area contributed by atoms with E-state index < -0.39 is 24.4 Å². The van der Waals surface area contributed by atoms with Crippen molar-refractivity contribution in [3.05, 3.63) is 71.0 Å². The average Bonchev–Trinajstić information content (AvgIpc) is 2.71. The minimum Gasteiger partial charge on any atom is -0.456 e. The minimum atomic E-state index is -0.693. The van der Waals surface area contributed by atoms with Gasteiger partial charge < -0.3 is 10.1 Å². The molecule has 3 rings (SSSR count). The number of imide groups is 1. The first-order valence-electron chi connectivity index (χ1n) is 9.03. The summed E-state index contributed by atoms with van der Waals surface area (Å²) in [5, 5.41) is 2.55. The summed E-state index contributed by atoms with van der Waals surface area (Å²) in [7, 11) is 0. The lowest BCUT2D eigenvalue weighted by Crippen LogP contribution is -2.43. The van der Waals surface area contributed by atoms with E-state index in [1.165, 1.54) is 24.3 Å². The van der Waals surface area contributed by atoms with Crippen molar-refractivity contribution in [3.63, 3.8) is 0 Å². The number of amides is 3. The van der Waals surface area contributed by atoms with Crippen LogP contribution in [0.25, 0.3) is 0 Å². The Hall–Kier alpha value is -3.55. The highest BCUT2D eigenvalue weighted by atomic mass is 19.1. The van der Waals surface area contributed by atoms with Gasteiger partial charge >= 0.3 is 5.97 Å². The van der Waals surface area contributed by atoms with E-state index in [9.17, 15) is 23.6 Å². The zero-order valence-electron chi connectivity index (χ0n) is 15.5. The van der Waals surface area contributed by atoms with Crippen molar-refractivity contribution in [1.82, 2.24) is 10.2 Å². The second-order valence-corrected chi connectivity index (χ2v) is 6.50. The second kappa shape index (κ2) is 9.09. The normalized spacial score (nSPS) is 13.1. The van der Waals surface area contributed by atoms with Gasteiger partial charge in [0.25, 0.3) is 11.8 Å². The van der Waals surface area contributed by atoms with Crippen molar-refractivity contribution in [2.24, 2.45) is 0 Å². The highest BCUT2D eigenvalue weighted by molar-refractivity contribution is 6.09. The predicted molar refractivity (Wildman–Crippen MR) is 100 cm³/mol. The maximum absolute atomic E-state index is 12.8. The predicted octanol–water partition coefficient (Wildman–Crippen LogP) is 1.60. The van der Waals surface area contributed by atoms with Crippen LogP contribution in [-0.4, -0.2) is 41.7 Å². The lowest BCUT2D eigenvalue weighted by molar-refractivity contribution is -0.149. The van der Waals surface area contributed by atoms with Gasteiger partial charge in [0, 0.05) is 18.7 Å². The molecule has 0 unspecified atom stereocenters. The number of benzene rings is 2. The van der Waals surface area contributed by atoms with Crippen molar-refractivity contribution >= 4 is 23.7 Å². The summed E-state index contributed by atoms with van der Waals surface area (Å²) in [5.74, 6) is -2.40. The van der Waals surface area contributed by atoms with E-state index in [1.807, 2.05) is 0 Å². The monoisotopic (exact) mass is 398 g/mol. The Morgan fingerprint density at radius 1 is 1.07 bits per heavy atom. The van der Waals surface area contributed by atoms with Crippen LogP contribution in [0.4, 0.5) is 4.39 Å². The van der Waals surface area contributed by atoms with E-state index in [0.717, 1.165) is 4.90 Å². The van der Waals surface area contributed by atoms with E-state index in [-0.39, 0.29) is 37.7 Å². The van der Waals surface area contributed by atoms with Crippen LogP contribution in [0.5, 0.6) is 0 Å². The summed E-state index contributed by atoms with van der Waals surface area (Å²) in [4.78, 5) is 49.2. The molecule has 2 aromatic rings. The molecule has 0 saturated carbocycles. The van der Waals surface area contributed by atoms with E-state index in [1.54, 1.807) is 24.3 Å². The van der Waals surface area contributed by atoms with Crippen LogP contribution in [0, 0.1) is 5.82 Å². The number of nitrogens with zero attached hydrogens (tertiary/aromatic N) is 1. The summed E-state index contributed by atoms with van der Waals surface area (Å²) >= 11 is 0. The zero-order chi connectivity index (χ0) is 20.8. The van der Waals surface area contributed by atoms with Crippen LogP contribution in [0.15, 0.2) is 48.5 Å². The first-order valence-corrected chi connectivity index (χ1v) is 9.03. The molecule has 1 aliphatic heterocycles. The Morgan fingerprint density at radius 2 is 1.79 bits per heavy atom. The van der Waals surface area contributed by atoms with Crippen LogP contribution in [0.3, 0.4) is 0 Å². The van der Waals surface area contributed by atoms with Gasteiger partial charge in [0.15, 0.2) is 6.61 Å². The maximum atomic E-state index is 12.8. The number of hydrogen-bond donors (Lipinski definition) is 1. The number of nitrogens with one attached hydrogen (secondary N) is 1. The van der Waals surface area contributed by atoms with Gasteiger partial charge in [0.1, 0.15) is 5.82 Å². The molecule has 1 heterocycles. The molecule has 7 nitrogen and oxygen atoms in total. The molecule has 0 bridgehead atoms. The van der Waals surface area contributed by atoms with Crippen molar-refractivity contribution < 1.29 is 28.3 Å². The largest absolute Gasteiger partial charge is 0.456 e. The number of rotatable bonds is 7. The molecule has 150 valence electrons. The summed E-state index contributed by atoms with van der Waals surface area (Å²) < 4.78 is 17.7. The first kappa shape index (κ1) is 20.2. The third kappa shape index (κ3) is 5.25. The SMILES string of the molecule is O=C(COC(=O)CCN1C(=O)Cc2ccccc2C1=O)NCc1ccc(F)cc1. The summed E-state index contributed by atoms with van der Waals surface area (Å²) in [5.41, 5.74) is 1.81. The number of fused-ring (bicyclic) bond motifs is 1. The van der Waals surface area contributed by atoms with Gasteiger partial charge in [0.2, 0.25) is 5.91 Å². The number of hydrogen-bond acceptors (Lipinski definition) is 5. The molecule has 8 heteroatoms. The molecule has 0 saturated heterocycles. The van der Waals surface area contributed by atoms with Crippen molar-refractivity contribution in [3.8, 4) is 0 Å². The second-order valence-electron chi connectivity index (χ2n) is 6.50. The topological polar surface area (TPSA) is 92.8 Å². The third-order valence-electron chi connectivity index (χ3n) is 4.44. The Balaban J connectivity index is 1.42. The fourth-order valence-electron chi connectivity index (χ4n) is 2.90. The van der Waals surface area contributed by atoms with Crippen LogP contribution in [0.2, 0.25) is 0 Å². The van der Waals surface area contributed by atoms with Crippen LogP contribution in [0.1, 0.15) is 27.9 Å². The van der Waals surface area contributed by atoms with Crippen LogP contribution in [-0.2, 0) is 32.1 Å². The van der Waals surface area contributed by atoms with E-state index >= 15 is 0 Å². The molecule has 1 aliphatic rings. The Bertz CT molecular complexity index is 942. The van der Waals surface area contributed by atoms with Crippen LogP contribution >= 0.6 is 0 Å². The molecule has 1 N–H and O–H groups in total. The van der Waals surface area contributed by atoms with Crippen LogP contribution < -0.4 is 5.32 Å². The zero-order valence-corrected chi connectivity index (χ0v) is 15.5. The highest BCUT2D eigenvalue weighted by Crippen LogP contribution is 2.19. The molecule has 29 heavy (non-hydrogen) atoms. The Morgan fingerprint density at radius 3 is 2.55 bits per heavy atom. The Kier molecular flexibility index (Phi) is 6.33. The fraction of sp³-hybridized carbons (Fsp3) is 0.238. The highest BCUT2D eigenvalue weighted by Gasteiger charge is 2.30. The molecule has 0 aliphatic carbocycles. The van der Waals surface area contributed by atoms with E-state index in [4.69, 9.17) is 4.74 Å². The third-order valence-corrected chi connectivity index (χ3v) is 4.44. The number of esters is 1. The minimum absolute atomic E-state index is 0.1000. The van der Waals surface area contributed by atoms with Crippen molar-refractivity contribution in [2.75, 3.05) is 13.2 Å². The van der Waals surface area contributed by atoms with Crippen molar-refractivity contribution in [2.45, 2.75) is 19.4 Å². The molecule has 3 amide bonds. The van der Waals surface area contributed by atoms with E-state index in [0.29, 0.717) is 16.7 Å². The molecule has 0 radical (unpaired) electrons. The van der Waals surface area contributed by atoms with Gasteiger partial charge in [0.05, 0.1) is 12.8 Å². The first-order chi connectivity index (χ1) is 13.9. The van der Waals surface area contributed by atoms with Crippen molar-refractivity contribution in [1.29, 1.82) is 0 Å². The van der Waals surface area contributed by atoms with Gasteiger partial charge in [-0.3, -0.25) is 24.1 Å². The number of halogens is 1. The van der Waals surface area contributed by atoms with Gasteiger partial charge in [-0.15, -0.1) is 0 Å². The Labute approximate surface area is 166 Å². The molecule has 0 atom stereocenters. The van der Waals surface area contributed by atoms with Gasteiger partial charge in [-0.25, -0.2) is 4.39 Å². The smallest absolute Gasteiger partial charge is 0.308 e. The molecule has 2 aromatic carbocycles. The molecular weight excluding hydrogens is 379 g/mol. The molecule has 0 aromatic heterocycles. The standard InChI is InChI=1S/C21H19FN2O5/c22-16-7-5-14(6-8-16)12-23-18(25)13-29-20(27)9-10-24-19(26)11-15-3-1-2-4-17(15)21(24)28/h1-8H,9-13H2,(H,23,25). The average molecular weight is 398 g/mol. The lowest BCUT2D eigenvalue weighted by atomic mass is 9.98. The number of carbonyl (C=O) groups is 4. The van der Waals surface area contributed by atoms with Gasteiger partial charge in [-0.1, -0.05) is 30.3 Å². The summed E-state index contributed by atoms with van der Waals surface area (Å²) in [6.07, 6.45) is -0.104. The maximum Gasteiger partial charge on any atom is 0.308 e. The summed E-state index contributed by atoms with van der Waals surface area (Å²) in [6, 6.07) is 12.5. The van der Waals surface area contributed by atoms with Gasteiger partial charge in [-0.2, -0.15) is 0 Å². The van der Waals surface area contributed by atoms with Gasteiger partial charge in [-0.05, 0) is 29.3 Å². The molecular formula is C21H19FN2O5. The molecule has 0 spiro atoms. The number of carbonyl (C=O) groups excluding carboxylic acids is 4. The fourth-order valence-corrected chi connectivity index (χ4v) is 2.90. The summed E-state index contributed by atoms with van der Waals surface area (Å²) in [6.45, 7) is -0.417. The number of ether oxygens (including phenoxy) is 1. The van der Waals surface area contributed by atoms with E-state index in [2.05, 4.69) is 5.32 Å². The lowest BCUT2D eigenvalue weighted by Gasteiger charge is -2.26.